The Morgan fingerprint density at radius 3 is 2.49 bits per heavy atom. The van der Waals surface area contributed by atoms with Crippen LogP contribution in [-0.4, -0.2) is 68.9 Å². The molecule has 2 N–H and O–H groups in total. The lowest BCUT2D eigenvalue weighted by atomic mass is 9.85. The zero-order chi connectivity index (χ0) is 29.7. The molecule has 2 fully saturated rings. The quantitative estimate of drug-likeness (QED) is 0.284. The number of carbonyl (C=O) groups is 2. The van der Waals surface area contributed by atoms with Crippen molar-refractivity contribution in [1.29, 1.82) is 0 Å². The van der Waals surface area contributed by atoms with Gasteiger partial charge in [0.25, 0.3) is 0 Å². The number of urea groups is 1. The number of nitrogens with zero attached hydrogens (tertiary/aromatic N) is 2. The summed E-state index contributed by atoms with van der Waals surface area (Å²) in [5, 5.41) is 6.34. The molecule has 5 rings (SSSR count). The minimum absolute atomic E-state index is 0.0927. The summed E-state index contributed by atoms with van der Waals surface area (Å²) < 4.78 is 11.6. The molecule has 3 aromatic rings. The van der Waals surface area contributed by atoms with Gasteiger partial charge in [-0.15, -0.1) is 0 Å². The van der Waals surface area contributed by atoms with E-state index in [1.165, 1.54) is 5.56 Å². The molecular formula is C35H44N4O4. The van der Waals surface area contributed by atoms with Gasteiger partial charge in [-0.2, -0.15) is 0 Å². The average Bonchev–Trinajstić information content (AvgIpc) is 3.04. The molecule has 3 amide bonds. The summed E-state index contributed by atoms with van der Waals surface area (Å²) in [6, 6.07) is 27.4. The van der Waals surface area contributed by atoms with Crippen molar-refractivity contribution in [2.45, 2.75) is 44.6 Å². The molecule has 2 unspecified atom stereocenters. The van der Waals surface area contributed by atoms with Crippen LogP contribution >= 0.6 is 0 Å². The van der Waals surface area contributed by atoms with Crippen LogP contribution in [0.15, 0.2) is 84.9 Å². The van der Waals surface area contributed by atoms with Crippen LogP contribution in [0.4, 0.5) is 16.2 Å². The minimum Gasteiger partial charge on any atom is -0.492 e. The number of nitrogens with one attached hydrogen (secondary N) is 2. The third kappa shape index (κ3) is 9.83. The number of aryl methyl sites for hydroxylation is 1. The fraction of sp³-hybridized carbons (Fsp3) is 0.429. The first-order valence-electron chi connectivity index (χ1n) is 15.6. The number of para-hydroxylation sites is 1. The Morgan fingerprint density at radius 2 is 1.70 bits per heavy atom. The Bertz CT molecular complexity index is 1280. The smallest absolute Gasteiger partial charge is 0.326 e. The van der Waals surface area contributed by atoms with Gasteiger partial charge in [0, 0.05) is 56.1 Å². The molecule has 0 radical (unpaired) electrons. The van der Waals surface area contributed by atoms with Crippen molar-refractivity contribution in [3.63, 3.8) is 0 Å². The second-order valence-electron chi connectivity index (χ2n) is 11.5. The van der Waals surface area contributed by atoms with E-state index in [2.05, 4.69) is 27.7 Å². The van der Waals surface area contributed by atoms with E-state index in [0.29, 0.717) is 19.6 Å². The van der Waals surface area contributed by atoms with Crippen LogP contribution < -0.4 is 20.3 Å². The van der Waals surface area contributed by atoms with Crippen LogP contribution in [0, 0.1) is 5.92 Å². The summed E-state index contributed by atoms with van der Waals surface area (Å²) in [4.78, 5) is 30.6. The first-order valence-corrected chi connectivity index (χ1v) is 15.6. The summed E-state index contributed by atoms with van der Waals surface area (Å²) >= 11 is 0. The number of rotatable bonds is 12. The number of benzene rings is 3. The first kappa shape index (κ1) is 30.6. The topological polar surface area (TPSA) is 83.1 Å². The van der Waals surface area contributed by atoms with Gasteiger partial charge in [0.1, 0.15) is 12.4 Å². The molecule has 1 heterocycles. The van der Waals surface area contributed by atoms with E-state index in [9.17, 15) is 9.59 Å². The third-order valence-corrected chi connectivity index (χ3v) is 8.25. The third-order valence-electron chi connectivity index (χ3n) is 8.25. The molecule has 228 valence electrons. The van der Waals surface area contributed by atoms with Gasteiger partial charge in [0.2, 0.25) is 5.91 Å². The van der Waals surface area contributed by atoms with Gasteiger partial charge >= 0.3 is 6.03 Å². The molecule has 8 nitrogen and oxygen atoms in total. The second kappa shape index (κ2) is 16.1. The van der Waals surface area contributed by atoms with Crippen LogP contribution in [0.1, 0.15) is 37.7 Å². The van der Waals surface area contributed by atoms with Crippen LogP contribution in [0.3, 0.4) is 0 Å². The molecule has 3 aromatic carbocycles. The highest BCUT2D eigenvalue weighted by molar-refractivity contribution is 6.01. The molecule has 1 aliphatic carbocycles. The second-order valence-corrected chi connectivity index (χ2v) is 11.5. The van der Waals surface area contributed by atoms with Crippen molar-refractivity contribution >= 4 is 23.3 Å². The average molecular weight is 585 g/mol. The lowest BCUT2D eigenvalue weighted by molar-refractivity contribution is -0.122. The van der Waals surface area contributed by atoms with E-state index < -0.39 is 0 Å². The van der Waals surface area contributed by atoms with Crippen LogP contribution in [0.2, 0.25) is 0 Å². The Hall–Kier alpha value is -3.88. The lowest BCUT2D eigenvalue weighted by Crippen LogP contribution is -2.43. The monoisotopic (exact) mass is 584 g/mol. The van der Waals surface area contributed by atoms with Gasteiger partial charge in [0.05, 0.1) is 13.2 Å². The van der Waals surface area contributed by atoms with Crippen molar-refractivity contribution in [3.05, 3.63) is 90.5 Å². The van der Waals surface area contributed by atoms with E-state index in [1.54, 1.807) is 0 Å². The van der Waals surface area contributed by atoms with Gasteiger partial charge in [-0.3, -0.25) is 14.6 Å². The van der Waals surface area contributed by atoms with Gasteiger partial charge < -0.3 is 20.1 Å². The molecule has 0 bridgehead atoms. The zero-order valence-corrected chi connectivity index (χ0v) is 25.0. The van der Waals surface area contributed by atoms with E-state index in [0.717, 1.165) is 82.1 Å². The van der Waals surface area contributed by atoms with Gasteiger partial charge in [-0.05, 0) is 61.4 Å². The first-order chi connectivity index (χ1) is 21.1. The number of morpholine rings is 1. The zero-order valence-electron chi connectivity index (χ0n) is 25.0. The summed E-state index contributed by atoms with van der Waals surface area (Å²) in [5.41, 5.74) is 2.72. The van der Waals surface area contributed by atoms with Crippen LogP contribution in [0.25, 0.3) is 0 Å². The molecule has 1 saturated carbocycles. The van der Waals surface area contributed by atoms with Crippen molar-refractivity contribution in [1.82, 2.24) is 10.2 Å². The summed E-state index contributed by atoms with van der Waals surface area (Å²) in [7, 11) is 0. The number of anilines is 2. The number of carbonyl (C=O) groups excluding carboxylic acids is 2. The number of ether oxygens (including phenoxy) is 2. The maximum atomic E-state index is 13.7. The predicted molar refractivity (Wildman–Crippen MR) is 171 cm³/mol. The SMILES string of the molecule is O=C(CCc1ccccc1)NC1CCCC(CN(C(=O)Nc2ccccc2)c2cccc(OCCN3CCOCC3)c2)C1. The molecule has 43 heavy (non-hydrogen) atoms. The van der Waals surface area contributed by atoms with Crippen LogP contribution in [0.5, 0.6) is 5.75 Å². The Balaban J connectivity index is 1.21. The van der Waals surface area contributed by atoms with Crippen LogP contribution in [-0.2, 0) is 16.0 Å². The van der Waals surface area contributed by atoms with Gasteiger partial charge in [0.15, 0.2) is 0 Å². The summed E-state index contributed by atoms with van der Waals surface area (Å²) in [6.45, 7) is 5.35. The summed E-state index contributed by atoms with van der Waals surface area (Å²) in [5.74, 6) is 1.10. The number of amides is 3. The Labute approximate surface area is 255 Å². The maximum absolute atomic E-state index is 13.7. The fourth-order valence-corrected chi connectivity index (χ4v) is 5.93. The van der Waals surface area contributed by atoms with E-state index in [-0.39, 0.29) is 23.9 Å². The largest absolute Gasteiger partial charge is 0.492 e. The van der Waals surface area contributed by atoms with Crippen molar-refractivity contribution < 1.29 is 19.1 Å². The Morgan fingerprint density at radius 1 is 0.930 bits per heavy atom. The molecular weight excluding hydrogens is 540 g/mol. The highest BCUT2D eigenvalue weighted by Crippen LogP contribution is 2.29. The predicted octanol–water partition coefficient (Wildman–Crippen LogP) is 5.74. The van der Waals surface area contributed by atoms with E-state index >= 15 is 0 Å². The van der Waals surface area contributed by atoms with E-state index in [1.807, 2.05) is 77.7 Å². The van der Waals surface area contributed by atoms with Crippen molar-refractivity contribution in [3.8, 4) is 5.75 Å². The highest BCUT2D eigenvalue weighted by atomic mass is 16.5. The lowest BCUT2D eigenvalue weighted by Gasteiger charge is -2.34. The molecule has 2 atom stereocenters. The maximum Gasteiger partial charge on any atom is 0.326 e. The number of hydrogen-bond donors (Lipinski definition) is 2. The minimum atomic E-state index is -0.175. The number of hydrogen-bond acceptors (Lipinski definition) is 5. The molecule has 1 saturated heterocycles. The van der Waals surface area contributed by atoms with Crippen molar-refractivity contribution in [2.75, 3.05) is 56.2 Å². The van der Waals surface area contributed by atoms with Crippen molar-refractivity contribution in [2.24, 2.45) is 5.92 Å². The standard InChI is InChI=1S/C35H44N4O4/c40-34(18-17-28-9-3-1-4-10-28)36-31-14-7-11-29(25-31)27-39(35(41)37-30-12-5-2-6-13-30)32-15-8-16-33(26-32)43-24-21-38-19-22-42-23-20-38/h1-6,8-10,12-13,15-16,26,29,31H,7,11,14,17-25,27H2,(H,36,40)(H,37,41). The molecule has 1 aliphatic heterocycles. The van der Waals surface area contributed by atoms with E-state index in [4.69, 9.17) is 9.47 Å². The molecule has 8 heteroatoms. The fourth-order valence-electron chi connectivity index (χ4n) is 5.93. The normalized spacial score (nSPS) is 18.9. The van der Waals surface area contributed by atoms with Gasteiger partial charge in [-0.1, -0.05) is 61.0 Å². The van der Waals surface area contributed by atoms with Gasteiger partial charge in [-0.25, -0.2) is 4.79 Å². The summed E-state index contributed by atoms with van der Waals surface area (Å²) in [6.07, 6.45) is 5.07. The molecule has 2 aliphatic rings. The molecule has 0 aromatic heterocycles. The Kier molecular flexibility index (Phi) is 11.4. The molecule has 0 spiro atoms. The highest BCUT2D eigenvalue weighted by Gasteiger charge is 2.28.